The molecule has 7 nitrogen and oxygen atoms in total. The molecule has 1 aliphatic rings. The second kappa shape index (κ2) is 9.01. The van der Waals surface area contributed by atoms with E-state index in [2.05, 4.69) is 9.97 Å². The number of nitrogens with zero attached hydrogens (tertiary/aromatic N) is 4. The van der Waals surface area contributed by atoms with Gasteiger partial charge >= 0.3 is 6.09 Å². The molecule has 0 aliphatic carbocycles. The molecule has 4 rings (SSSR count). The summed E-state index contributed by atoms with van der Waals surface area (Å²) in [5.74, 6) is -0.331. The van der Waals surface area contributed by atoms with Gasteiger partial charge in [-0.25, -0.2) is 14.2 Å². The molecule has 1 aliphatic heterocycles. The highest BCUT2D eigenvalue weighted by Crippen LogP contribution is 2.40. The van der Waals surface area contributed by atoms with Gasteiger partial charge < -0.3 is 15.1 Å². The lowest BCUT2D eigenvalue weighted by molar-refractivity contribution is 0.0781. The van der Waals surface area contributed by atoms with Gasteiger partial charge in [0, 0.05) is 36.6 Å². The van der Waals surface area contributed by atoms with Crippen molar-refractivity contribution >= 4 is 34.7 Å². The zero-order chi connectivity index (χ0) is 22.9. The van der Waals surface area contributed by atoms with Gasteiger partial charge in [-0.2, -0.15) is 0 Å². The number of benzene rings is 1. The van der Waals surface area contributed by atoms with Crippen LogP contribution in [0, 0.1) is 5.82 Å². The smallest absolute Gasteiger partial charge is 0.407 e. The van der Waals surface area contributed by atoms with Crippen LogP contribution in [0.5, 0.6) is 0 Å². The van der Waals surface area contributed by atoms with E-state index < -0.39 is 11.6 Å². The van der Waals surface area contributed by atoms with Crippen molar-refractivity contribution in [2.45, 2.75) is 25.0 Å². The number of aromatic nitrogens is 2. The minimum Gasteiger partial charge on any atom is -0.465 e. The third-order valence-corrected chi connectivity index (χ3v) is 6.95. The number of amides is 1. The number of likely N-dealkylation sites (N-methyl/N-ethyl adjacent to an activating group) is 1. The fraction of sp³-hybridized carbons (Fsp3) is 0.318. The van der Waals surface area contributed by atoms with E-state index in [0.717, 1.165) is 17.7 Å². The second-order valence-corrected chi connectivity index (χ2v) is 9.19. The lowest BCUT2D eigenvalue weighted by Crippen LogP contribution is -2.57. The summed E-state index contributed by atoms with van der Waals surface area (Å²) in [6, 6.07) is 7.78. The maximum atomic E-state index is 13.3. The first-order valence-corrected chi connectivity index (χ1v) is 11.3. The van der Waals surface area contributed by atoms with E-state index in [9.17, 15) is 19.4 Å². The number of hydrogen-bond acceptors (Lipinski definition) is 6. The molecule has 3 aromatic rings. The predicted molar refractivity (Wildman–Crippen MR) is 122 cm³/mol. The van der Waals surface area contributed by atoms with E-state index in [1.807, 2.05) is 4.90 Å². The summed E-state index contributed by atoms with van der Waals surface area (Å²) >= 11 is 7.34. The lowest BCUT2D eigenvalue weighted by atomic mass is 9.84. The number of rotatable bonds is 5. The number of hydrogen-bond donors (Lipinski definition) is 2. The van der Waals surface area contributed by atoms with Crippen molar-refractivity contribution in [1.29, 1.82) is 0 Å². The Morgan fingerprint density at radius 1 is 1.38 bits per heavy atom. The SMILES string of the molecule is CN(C(=O)O)C1(c2csc(Cl)n2)CCCN(c2cnc(-c3ccc(F)cc3)cc2CO)C1. The van der Waals surface area contributed by atoms with Crippen molar-refractivity contribution in [2.75, 3.05) is 25.0 Å². The van der Waals surface area contributed by atoms with Crippen LogP contribution in [0.15, 0.2) is 41.9 Å². The van der Waals surface area contributed by atoms with Gasteiger partial charge in [0.05, 0.1) is 29.9 Å². The van der Waals surface area contributed by atoms with Crippen LogP contribution in [0.4, 0.5) is 14.9 Å². The number of thiazole rings is 1. The Morgan fingerprint density at radius 3 is 2.75 bits per heavy atom. The topological polar surface area (TPSA) is 89.8 Å². The van der Waals surface area contributed by atoms with E-state index in [-0.39, 0.29) is 12.4 Å². The molecule has 1 aromatic carbocycles. The van der Waals surface area contributed by atoms with Crippen LogP contribution in [-0.2, 0) is 12.1 Å². The second-order valence-electron chi connectivity index (χ2n) is 7.75. The summed E-state index contributed by atoms with van der Waals surface area (Å²) in [5.41, 5.74) is 2.48. The summed E-state index contributed by atoms with van der Waals surface area (Å²) in [7, 11) is 1.54. The Morgan fingerprint density at radius 2 is 2.12 bits per heavy atom. The molecule has 2 N–H and O–H groups in total. The Hall–Kier alpha value is -2.75. The van der Waals surface area contributed by atoms with E-state index in [1.165, 1.54) is 28.4 Å². The molecule has 0 saturated carbocycles. The summed E-state index contributed by atoms with van der Waals surface area (Å²) < 4.78 is 13.6. The molecule has 10 heteroatoms. The quantitative estimate of drug-likeness (QED) is 0.559. The molecule has 0 radical (unpaired) electrons. The zero-order valence-electron chi connectivity index (χ0n) is 17.3. The van der Waals surface area contributed by atoms with Crippen LogP contribution in [-0.4, -0.2) is 51.3 Å². The highest BCUT2D eigenvalue weighted by Gasteiger charge is 2.45. The Bertz CT molecular complexity index is 1130. The van der Waals surface area contributed by atoms with Crippen molar-refractivity contribution in [2.24, 2.45) is 0 Å². The van der Waals surface area contributed by atoms with Crippen LogP contribution >= 0.6 is 22.9 Å². The van der Waals surface area contributed by atoms with E-state index >= 15 is 0 Å². The van der Waals surface area contributed by atoms with Gasteiger partial charge in [0.25, 0.3) is 0 Å². The number of aliphatic hydroxyl groups is 1. The average Bonchev–Trinajstić information content (AvgIpc) is 3.25. The Labute approximate surface area is 193 Å². The molecule has 0 bridgehead atoms. The summed E-state index contributed by atoms with van der Waals surface area (Å²) in [5, 5.41) is 21.6. The van der Waals surface area contributed by atoms with Crippen LogP contribution < -0.4 is 4.90 Å². The molecule has 1 fully saturated rings. The molecular formula is C22H22ClFN4O3S. The molecular weight excluding hydrogens is 455 g/mol. The van der Waals surface area contributed by atoms with Crippen LogP contribution in [0.2, 0.25) is 4.47 Å². The molecule has 1 atom stereocenters. The minimum absolute atomic E-state index is 0.215. The fourth-order valence-electron chi connectivity index (χ4n) is 4.22. The van der Waals surface area contributed by atoms with E-state index in [4.69, 9.17) is 11.6 Å². The number of piperidine rings is 1. The maximum absolute atomic E-state index is 13.3. The lowest BCUT2D eigenvalue weighted by Gasteiger charge is -2.47. The number of anilines is 1. The fourth-order valence-corrected chi connectivity index (χ4v) is 5.08. The number of halogens is 2. The van der Waals surface area contributed by atoms with Crippen LogP contribution in [0.25, 0.3) is 11.3 Å². The molecule has 168 valence electrons. The normalized spacial score (nSPS) is 18.6. The highest BCUT2D eigenvalue weighted by atomic mass is 35.5. The molecule has 0 spiro atoms. The number of carboxylic acid groups (broad SMARTS) is 1. The van der Waals surface area contributed by atoms with E-state index in [0.29, 0.717) is 40.9 Å². The van der Waals surface area contributed by atoms with Gasteiger partial charge in [0.1, 0.15) is 11.4 Å². The monoisotopic (exact) mass is 476 g/mol. The van der Waals surface area contributed by atoms with Gasteiger partial charge in [-0.15, -0.1) is 11.3 Å². The van der Waals surface area contributed by atoms with Gasteiger partial charge in [0.15, 0.2) is 4.47 Å². The first-order valence-electron chi connectivity index (χ1n) is 10.0. The first kappa shape index (κ1) is 22.4. The Kier molecular flexibility index (Phi) is 6.32. The molecule has 3 heterocycles. The van der Waals surface area contributed by atoms with Crippen molar-refractivity contribution in [3.8, 4) is 11.3 Å². The third kappa shape index (κ3) is 4.15. The summed E-state index contributed by atoms with van der Waals surface area (Å²) in [4.78, 5) is 24.2. The van der Waals surface area contributed by atoms with Crippen LogP contribution in [0.3, 0.4) is 0 Å². The Balaban J connectivity index is 1.71. The first-order chi connectivity index (χ1) is 15.3. The van der Waals surface area contributed by atoms with Crippen molar-refractivity contribution in [3.05, 3.63) is 63.5 Å². The number of aliphatic hydroxyl groups excluding tert-OH is 1. The van der Waals surface area contributed by atoms with E-state index in [1.54, 1.807) is 36.8 Å². The summed E-state index contributed by atoms with van der Waals surface area (Å²) in [6.45, 7) is 0.810. The predicted octanol–water partition coefficient (Wildman–Crippen LogP) is 4.60. The third-order valence-electron chi connectivity index (χ3n) is 5.97. The number of carbonyl (C=O) groups is 1. The molecule has 1 unspecified atom stereocenters. The standard InChI is InChI=1S/C22H22ClFN4O3S/c1-27(21(30)31)22(19-12-32-20(23)26-19)7-2-8-28(13-22)18-10-25-17(9-15(18)11-29)14-3-5-16(24)6-4-14/h3-6,9-10,12,29H,2,7-8,11,13H2,1H3,(H,30,31). The van der Waals surface area contributed by atoms with Gasteiger partial charge in [-0.05, 0) is 43.2 Å². The minimum atomic E-state index is -1.05. The van der Waals surface area contributed by atoms with Crippen molar-refractivity contribution in [3.63, 3.8) is 0 Å². The summed E-state index contributed by atoms with van der Waals surface area (Å²) in [6.07, 6.45) is 1.94. The highest BCUT2D eigenvalue weighted by molar-refractivity contribution is 7.14. The molecule has 32 heavy (non-hydrogen) atoms. The van der Waals surface area contributed by atoms with Crippen LogP contribution in [0.1, 0.15) is 24.1 Å². The average molecular weight is 477 g/mol. The van der Waals surface area contributed by atoms with Crippen molar-refractivity contribution < 1.29 is 19.4 Å². The largest absolute Gasteiger partial charge is 0.465 e. The molecule has 1 amide bonds. The molecule has 2 aromatic heterocycles. The van der Waals surface area contributed by atoms with Crippen molar-refractivity contribution in [1.82, 2.24) is 14.9 Å². The maximum Gasteiger partial charge on any atom is 0.407 e. The zero-order valence-corrected chi connectivity index (χ0v) is 18.9. The number of pyridine rings is 1. The van der Waals surface area contributed by atoms with Gasteiger partial charge in [-0.1, -0.05) is 11.6 Å². The van der Waals surface area contributed by atoms with Gasteiger partial charge in [0.2, 0.25) is 0 Å². The molecule has 1 saturated heterocycles. The van der Waals surface area contributed by atoms with Gasteiger partial charge in [-0.3, -0.25) is 9.88 Å².